The van der Waals surface area contributed by atoms with Crippen LogP contribution in [0.4, 0.5) is 0 Å². The number of aliphatic carboxylic acids is 1. The highest BCUT2D eigenvalue weighted by molar-refractivity contribution is 9.10. The number of aryl methyl sites for hydroxylation is 1. The Balaban J connectivity index is 2.22. The number of carboxylic acid groups (broad SMARTS) is 1. The number of carbonyl (C=O) groups is 3. The molecule has 1 aromatic rings. The van der Waals surface area contributed by atoms with Crippen LogP contribution in [-0.4, -0.2) is 33.9 Å². The van der Waals surface area contributed by atoms with Crippen LogP contribution in [0.25, 0.3) is 0 Å². The Kier molecular flexibility index (Phi) is 6.46. The molecule has 0 aromatic heterocycles. The zero-order chi connectivity index (χ0) is 17.9. The molecule has 0 fully saturated rings. The topological polar surface area (TPSA) is 83.5 Å². The Morgan fingerprint density at radius 1 is 1.42 bits per heavy atom. The molecule has 0 saturated heterocycles. The standard InChI is InChI=1S/C17H20BrNO4S/c1-9(17(22)23)19-16(21)15(8-24-10(2)20)14-5-3-11-7-12(18)4-6-13(11)14/h4,6-7,9,14-15H,3,5,8H2,1-2H3,(H,19,21)(H,22,23)/t9-,14-,15-/m0/s1. The first-order chi connectivity index (χ1) is 11.3. The Hall–Kier alpha value is -1.34. The minimum absolute atomic E-state index is 0.000875. The lowest BCUT2D eigenvalue weighted by atomic mass is 9.87. The van der Waals surface area contributed by atoms with Gasteiger partial charge < -0.3 is 10.4 Å². The summed E-state index contributed by atoms with van der Waals surface area (Å²) in [7, 11) is 0. The van der Waals surface area contributed by atoms with Crippen molar-refractivity contribution in [3.63, 3.8) is 0 Å². The highest BCUT2D eigenvalue weighted by Crippen LogP contribution is 2.40. The van der Waals surface area contributed by atoms with Crippen LogP contribution >= 0.6 is 27.7 Å². The Labute approximate surface area is 153 Å². The van der Waals surface area contributed by atoms with Gasteiger partial charge in [0.1, 0.15) is 6.04 Å². The van der Waals surface area contributed by atoms with Crippen LogP contribution in [-0.2, 0) is 20.8 Å². The summed E-state index contributed by atoms with van der Waals surface area (Å²) in [4.78, 5) is 35.0. The maximum absolute atomic E-state index is 12.6. The van der Waals surface area contributed by atoms with E-state index in [0.717, 1.165) is 34.6 Å². The highest BCUT2D eigenvalue weighted by Gasteiger charge is 2.35. The van der Waals surface area contributed by atoms with Gasteiger partial charge in [0.25, 0.3) is 0 Å². The lowest BCUT2D eigenvalue weighted by Gasteiger charge is -2.24. The van der Waals surface area contributed by atoms with E-state index in [0.29, 0.717) is 5.75 Å². The van der Waals surface area contributed by atoms with Crippen molar-refractivity contribution in [3.05, 3.63) is 33.8 Å². The Bertz CT molecular complexity index is 664. The van der Waals surface area contributed by atoms with E-state index in [1.165, 1.54) is 19.4 Å². The predicted molar refractivity (Wildman–Crippen MR) is 97.1 cm³/mol. The second kappa shape index (κ2) is 8.16. The fraction of sp³-hybridized carbons (Fsp3) is 0.471. The van der Waals surface area contributed by atoms with Gasteiger partial charge in [-0.25, -0.2) is 0 Å². The van der Waals surface area contributed by atoms with Crippen LogP contribution in [0.2, 0.25) is 0 Å². The number of halogens is 1. The molecule has 5 nitrogen and oxygen atoms in total. The van der Waals surface area contributed by atoms with E-state index >= 15 is 0 Å². The number of rotatable bonds is 6. The molecule has 1 aliphatic carbocycles. The molecule has 0 saturated carbocycles. The molecule has 3 atom stereocenters. The summed E-state index contributed by atoms with van der Waals surface area (Å²) in [6.45, 7) is 2.91. The van der Waals surface area contributed by atoms with Crippen molar-refractivity contribution < 1.29 is 19.5 Å². The normalized spacial score (nSPS) is 18.5. The number of carbonyl (C=O) groups excluding carboxylic acids is 2. The highest BCUT2D eigenvalue weighted by atomic mass is 79.9. The van der Waals surface area contributed by atoms with E-state index in [4.69, 9.17) is 5.11 Å². The summed E-state index contributed by atoms with van der Waals surface area (Å²) in [6, 6.07) is 5.07. The van der Waals surface area contributed by atoms with Gasteiger partial charge >= 0.3 is 5.97 Å². The molecular weight excluding hydrogens is 394 g/mol. The van der Waals surface area contributed by atoms with Gasteiger partial charge in [0.2, 0.25) is 5.91 Å². The van der Waals surface area contributed by atoms with Crippen molar-refractivity contribution >= 4 is 44.7 Å². The summed E-state index contributed by atoms with van der Waals surface area (Å²) >= 11 is 4.57. The van der Waals surface area contributed by atoms with E-state index in [-0.39, 0.29) is 16.9 Å². The van der Waals surface area contributed by atoms with Gasteiger partial charge in [0.15, 0.2) is 5.12 Å². The second-order valence-corrected chi connectivity index (χ2v) is 8.08. The van der Waals surface area contributed by atoms with E-state index < -0.39 is 17.9 Å². The molecular formula is C17H20BrNO4S. The van der Waals surface area contributed by atoms with Gasteiger partial charge in [-0.1, -0.05) is 33.8 Å². The maximum Gasteiger partial charge on any atom is 0.325 e. The maximum atomic E-state index is 12.6. The van der Waals surface area contributed by atoms with E-state index in [1.54, 1.807) is 0 Å². The second-order valence-electron chi connectivity index (χ2n) is 5.97. The van der Waals surface area contributed by atoms with E-state index in [1.807, 2.05) is 12.1 Å². The minimum Gasteiger partial charge on any atom is -0.480 e. The van der Waals surface area contributed by atoms with Gasteiger partial charge in [-0.2, -0.15) is 0 Å². The molecule has 2 rings (SSSR count). The van der Waals surface area contributed by atoms with E-state index in [2.05, 4.69) is 27.3 Å². The molecule has 0 radical (unpaired) electrons. The summed E-state index contributed by atoms with van der Waals surface area (Å²) in [6.07, 6.45) is 1.70. The molecule has 0 bridgehead atoms. The number of fused-ring (bicyclic) bond motifs is 1. The van der Waals surface area contributed by atoms with Crippen LogP contribution in [0.1, 0.15) is 37.3 Å². The largest absolute Gasteiger partial charge is 0.480 e. The summed E-state index contributed by atoms with van der Waals surface area (Å²) < 4.78 is 1.00. The first-order valence-corrected chi connectivity index (χ1v) is 9.52. The predicted octanol–water partition coefficient (Wildman–Crippen LogP) is 2.96. The summed E-state index contributed by atoms with van der Waals surface area (Å²) in [5, 5.41) is 11.5. The fourth-order valence-electron chi connectivity index (χ4n) is 3.00. The third-order valence-corrected chi connectivity index (χ3v) is 5.67. The number of nitrogens with one attached hydrogen (secondary N) is 1. The molecule has 0 unspecified atom stereocenters. The molecule has 1 aliphatic rings. The first-order valence-electron chi connectivity index (χ1n) is 7.74. The first kappa shape index (κ1) is 19.0. The monoisotopic (exact) mass is 413 g/mol. The SMILES string of the molecule is CC(=O)SC[C@H](C(=O)N[C@@H](C)C(=O)O)[C@H]1CCc2cc(Br)ccc21. The lowest BCUT2D eigenvalue weighted by Crippen LogP contribution is -2.43. The number of benzene rings is 1. The van der Waals surface area contributed by atoms with Crippen LogP contribution < -0.4 is 5.32 Å². The number of hydrogen-bond donors (Lipinski definition) is 2. The molecule has 2 N–H and O–H groups in total. The molecule has 24 heavy (non-hydrogen) atoms. The summed E-state index contributed by atoms with van der Waals surface area (Å²) in [5.74, 6) is -1.45. The van der Waals surface area contributed by atoms with Crippen LogP contribution in [0.3, 0.4) is 0 Å². The zero-order valence-electron chi connectivity index (χ0n) is 13.5. The molecule has 0 spiro atoms. The molecule has 0 heterocycles. The third kappa shape index (κ3) is 4.60. The van der Waals surface area contributed by atoms with Gasteiger partial charge in [-0.15, -0.1) is 0 Å². The van der Waals surface area contributed by atoms with Crippen molar-refractivity contribution in [3.8, 4) is 0 Å². The van der Waals surface area contributed by atoms with Crippen LogP contribution in [0, 0.1) is 5.92 Å². The molecule has 7 heteroatoms. The Morgan fingerprint density at radius 3 is 2.75 bits per heavy atom. The van der Waals surface area contributed by atoms with Crippen molar-refractivity contribution in [1.82, 2.24) is 5.32 Å². The van der Waals surface area contributed by atoms with Crippen molar-refractivity contribution in [1.29, 1.82) is 0 Å². The number of hydrogen-bond acceptors (Lipinski definition) is 4. The average Bonchev–Trinajstić information content (AvgIpc) is 2.89. The number of carboxylic acids is 1. The van der Waals surface area contributed by atoms with Crippen molar-refractivity contribution in [2.75, 3.05) is 5.75 Å². The third-order valence-electron chi connectivity index (χ3n) is 4.25. The average molecular weight is 414 g/mol. The van der Waals surface area contributed by atoms with Gasteiger partial charge in [0.05, 0.1) is 5.92 Å². The lowest BCUT2D eigenvalue weighted by molar-refractivity contribution is -0.141. The molecule has 1 aromatic carbocycles. The molecule has 130 valence electrons. The smallest absolute Gasteiger partial charge is 0.325 e. The fourth-order valence-corrected chi connectivity index (χ4v) is 4.21. The Morgan fingerprint density at radius 2 is 2.12 bits per heavy atom. The van der Waals surface area contributed by atoms with Gasteiger partial charge in [-0.3, -0.25) is 14.4 Å². The van der Waals surface area contributed by atoms with Gasteiger partial charge in [-0.05, 0) is 48.9 Å². The molecule has 0 aliphatic heterocycles. The quantitative estimate of drug-likeness (QED) is 0.748. The molecule has 1 amide bonds. The summed E-state index contributed by atoms with van der Waals surface area (Å²) in [5.41, 5.74) is 2.32. The van der Waals surface area contributed by atoms with Crippen LogP contribution in [0.5, 0.6) is 0 Å². The van der Waals surface area contributed by atoms with Crippen LogP contribution in [0.15, 0.2) is 22.7 Å². The zero-order valence-corrected chi connectivity index (χ0v) is 15.9. The van der Waals surface area contributed by atoms with E-state index in [9.17, 15) is 14.4 Å². The minimum atomic E-state index is -1.07. The number of thioether (sulfide) groups is 1. The van der Waals surface area contributed by atoms with Gasteiger partial charge in [0, 0.05) is 17.1 Å². The number of amides is 1. The van der Waals surface area contributed by atoms with Crippen molar-refractivity contribution in [2.24, 2.45) is 5.92 Å². The van der Waals surface area contributed by atoms with Crippen molar-refractivity contribution in [2.45, 2.75) is 38.6 Å².